The van der Waals surface area contributed by atoms with Gasteiger partial charge >= 0.3 is 0 Å². The van der Waals surface area contributed by atoms with Crippen molar-refractivity contribution in [1.29, 1.82) is 0 Å². The third-order valence-electron chi connectivity index (χ3n) is 5.78. The fourth-order valence-electron chi connectivity index (χ4n) is 4.28. The van der Waals surface area contributed by atoms with Crippen LogP contribution in [0.2, 0.25) is 0 Å². The lowest BCUT2D eigenvalue weighted by Crippen LogP contribution is -2.55. The molecule has 19 heavy (non-hydrogen) atoms. The molecule has 2 aliphatic rings. The molecule has 3 N–H and O–H groups in total. The Morgan fingerprint density at radius 3 is 2.00 bits per heavy atom. The van der Waals surface area contributed by atoms with Crippen molar-refractivity contribution in [1.82, 2.24) is 0 Å². The van der Waals surface area contributed by atoms with Gasteiger partial charge < -0.3 is 15.6 Å². The highest BCUT2D eigenvalue weighted by atomic mass is 16.5. The minimum Gasteiger partial charge on any atom is -0.389 e. The van der Waals surface area contributed by atoms with Gasteiger partial charge in [-0.2, -0.15) is 0 Å². The first kappa shape index (κ1) is 15.3. The Kier molecular flexibility index (Phi) is 5.27. The first-order chi connectivity index (χ1) is 9.16. The van der Waals surface area contributed by atoms with E-state index in [0.29, 0.717) is 12.6 Å². The van der Waals surface area contributed by atoms with Crippen LogP contribution in [0.25, 0.3) is 0 Å². The van der Waals surface area contributed by atoms with Crippen LogP contribution in [0.4, 0.5) is 0 Å². The van der Waals surface area contributed by atoms with Gasteiger partial charge in [-0.25, -0.2) is 0 Å². The van der Waals surface area contributed by atoms with Crippen LogP contribution in [-0.4, -0.2) is 30.5 Å². The van der Waals surface area contributed by atoms with Crippen LogP contribution in [0, 0.1) is 5.41 Å². The quantitative estimate of drug-likeness (QED) is 0.828. The molecule has 0 aromatic heterocycles. The topological polar surface area (TPSA) is 55.5 Å². The molecule has 2 saturated carbocycles. The maximum absolute atomic E-state index is 11.2. The van der Waals surface area contributed by atoms with Gasteiger partial charge in [0.1, 0.15) is 0 Å². The minimum absolute atomic E-state index is 0.0356. The predicted molar refractivity (Wildman–Crippen MR) is 78.0 cm³/mol. The normalized spacial score (nSPS) is 36.5. The minimum atomic E-state index is -0.547. The molecule has 2 rings (SSSR count). The predicted octanol–water partition coefficient (Wildman–Crippen LogP) is 3.00. The first-order valence-corrected chi connectivity index (χ1v) is 8.11. The zero-order valence-electron chi connectivity index (χ0n) is 12.5. The van der Waals surface area contributed by atoms with Crippen LogP contribution in [0.1, 0.15) is 70.6 Å². The van der Waals surface area contributed by atoms with E-state index >= 15 is 0 Å². The molecule has 0 heterocycles. The third kappa shape index (κ3) is 3.14. The number of methoxy groups -OCH3 is 1. The summed E-state index contributed by atoms with van der Waals surface area (Å²) < 4.78 is 5.44. The van der Waals surface area contributed by atoms with E-state index in [4.69, 9.17) is 10.5 Å². The van der Waals surface area contributed by atoms with E-state index in [1.54, 1.807) is 7.11 Å². The van der Waals surface area contributed by atoms with Crippen molar-refractivity contribution in [2.24, 2.45) is 11.1 Å². The average molecular weight is 269 g/mol. The Hall–Kier alpha value is -0.120. The second kappa shape index (κ2) is 6.55. The molecule has 3 heteroatoms. The summed E-state index contributed by atoms with van der Waals surface area (Å²) in [4.78, 5) is 0. The summed E-state index contributed by atoms with van der Waals surface area (Å²) in [6.07, 6.45) is 12.7. The fourth-order valence-corrected chi connectivity index (χ4v) is 4.28. The zero-order chi connectivity index (χ0) is 13.8. The van der Waals surface area contributed by atoms with E-state index < -0.39 is 5.60 Å². The highest BCUT2D eigenvalue weighted by molar-refractivity contribution is 5.02. The van der Waals surface area contributed by atoms with E-state index in [1.807, 2.05) is 0 Å². The number of aliphatic hydroxyl groups is 1. The van der Waals surface area contributed by atoms with E-state index in [0.717, 1.165) is 38.5 Å². The summed E-state index contributed by atoms with van der Waals surface area (Å²) in [5, 5.41) is 11.2. The second-order valence-electron chi connectivity index (χ2n) is 6.72. The van der Waals surface area contributed by atoms with E-state index in [9.17, 15) is 5.11 Å². The van der Waals surface area contributed by atoms with Crippen molar-refractivity contribution >= 4 is 0 Å². The lowest BCUT2D eigenvalue weighted by atomic mass is 9.59. The molecule has 0 aromatic rings. The number of rotatable bonds is 3. The van der Waals surface area contributed by atoms with Crippen molar-refractivity contribution in [2.45, 2.75) is 82.3 Å². The van der Waals surface area contributed by atoms with Gasteiger partial charge in [0.15, 0.2) is 0 Å². The molecule has 3 nitrogen and oxygen atoms in total. The van der Waals surface area contributed by atoms with Crippen LogP contribution < -0.4 is 5.73 Å². The van der Waals surface area contributed by atoms with Crippen LogP contribution in [-0.2, 0) is 4.74 Å². The Morgan fingerprint density at radius 1 is 1.00 bits per heavy atom. The SMILES string of the molecule is COC1CCC(O)(C2(CN)CCCCCCC2)CC1. The highest BCUT2D eigenvalue weighted by Gasteiger charge is 2.50. The lowest BCUT2D eigenvalue weighted by Gasteiger charge is -2.51. The maximum Gasteiger partial charge on any atom is 0.0717 e. The van der Waals surface area contributed by atoms with E-state index in [2.05, 4.69) is 0 Å². The summed E-state index contributed by atoms with van der Waals surface area (Å²) >= 11 is 0. The molecule has 0 atom stereocenters. The van der Waals surface area contributed by atoms with Crippen LogP contribution in [0.5, 0.6) is 0 Å². The standard InChI is InChI=1S/C16H31NO2/c1-19-14-7-11-16(18,12-8-14)15(13-17)9-5-3-2-4-6-10-15/h14,18H,2-13,17H2,1H3. The van der Waals surface area contributed by atoms with Crippen LogP contribution in [0.3, 0.4) is 0 Å². The summed E-state index contributed by atoms with van der Waals surface area (Å²) in [5.74, 6) is 0. The Balaban J connectivity index is 2.09. The molecule has 0 bridgehead atoms. The molecule has 0 amide bonds. The summed E-state index contributed by atoms with van der Waals surface area (Å²) in [7, 11) is 1.78. The second-order valence-corrected chi connectivity index (χ2v) is 6.72. The summed E-state index contributed by atoms with van der Waals surface area (Å²) in [6.45, 7) is 0.640. The molecule has 112 valence electrons. The van der Waals surface area contributed by atoms with E-state index in [-0.39, 0.29) is 5.41 Å². The molecule has 0 spiro atoms. The lowest BCUT2D eigenvalue weighted by molar-refractivity contribution is -0.135. The molecular formula is C16H31NO2. The van der Waals surface area contributed by atoms with Gasteiger partial charge in [0.25, 0.3) is 0 Å². The van der Waals surface area contributed by atoms with Gasteiger partial charge in [-0.05, 0) is 38.5 Å². The van der Waals surface area contributed by atoms with Crippen molar-refractivity contribution in [3.05, 3.63) is 0 Å². The smallest absolute Gasteiger partial charge is 0.0717 e. The number of ether oxygens (including phenoxy) is 1. The molecule has 0 unspecified atom stereocenters. The molecule has 2 fully saturated rings. The molecule has 0 aliphatic heterocycles. The third-order valence-corrected chi connectivity index (χ3v) is 5.78. The highest BCUT2D eigenvalue weighted by Crippen LogP contribution is 2.49. The Labute approximate surface area is 117 Å². The van der Waals surface area contributed by atoms with Crippen molar-refractivity contribution in [2.75, 3.05) is 13.7 Å². The van der Waals surface area contributed by atoms with Gasteiger partial charge in [0.05, 0.1) is 11.7 Å². The van der Waals surface area contributed by atoms with Gasteiger partial charge in [-0.15, -0.1) is 0 Å². The zero-order valence-corrected chi connectivity index (χ0v) is 12.5. The number of hydrogen-bond acceptors (Lipinski definition) is 3. The van der Waals surface area contributed by atoms with Gasteiger partial charge in [0.2, 0.25) is 0 Å². The first-order valence-electron chi connectivity index (χ1n) is 8.11. The largest absolute Gasteiger partial charge is 0.389 e. The molecule has 0 saturated heterocycles. The molecule has 2 aliphatic carbocycles. The Bertz CT molecular complexity index is 264. The summed E-state index contributed by atoms with van der Waals surface area (Å²) in [6, 6.07) is 0. The van der Waals surface area contributed by atoms with Gasteiger partial charge in [-0.1, -0.05) is 32.1 Å². The maximum atomic E-state index is 11.2. The van der Waals surface area contributed by atoms with Crippen molar-refractivity contribution in [3.8, 4) is 0 Å². The molecular weight excluding hydrogens is 238 g/mol. The fraction of sp³-hybridized carbons (Fsp3) is 1.00. The Morgan fingerprint density at radius 2 is 1.53 bits per heavy atom. The molecule has 0 aromatic carbocycles. The van der Waals surface area contributed by atoms with Gasteiger partial charge in [0, 0.05) is 19.1 Å². The van der Waals surface area contributed by atoms with Crippen molar-refractivity contribution in [3.63, 3.8) is 0 Å². The van der Waals surface area contributed by atoms with E-state index in [1.165, 1.54) is 32.1 Å². The molecule has 0 radical (unpaired) electrons. The summed E-state index contributed by atoms with van der Waals surface area (Å²) in [5.41, 5.74) is 5.57. The average Bonchev–Trinajstić information content (AvgIpc) is 2.40. The monoisotopic (exact) mass is 269 g/mol. The van der Waals surface area contributed by atoms with Gasteiger partial charge in [-0.3, -0.25) is 0 Å². The van der Waals surface area contributed by atoms with Crippen LogP contribution >= 0.6 is 0 Å². The van der Waals surface area contributed by atoms with Crippen LogP contribution in [0.15, 0.2) is 0 Å². The number of hydrogen-bond donors (Lipinski definition) is 2. The van der Waals surface area contributed by atoms with Crippen molar-refractivity contribution < 1.29 is 9.84 Å². The number of nitrogens with two attached hydrogens (primary N) is 1.